The van der Waals surface area contributed by atoms with Crippen LogP contribution < -0.4 is 5.32 Å². The van der Waals surface area contributed by atoms with Crippen molar-refractivity contribution in [2.45, 2.75) is 32.8 Å². The number of rotatable bonds is 3. The number of nitrogens with one attached hydrogen (secondary N) is 1. The number of ether oxygens (including phenoxy) is 1. The van der Waals surface area contributed by atoms with Gasteiger partial charge in [0.2, 0.25) is 0 Å². The Morgan fingerprint density at radius 1 is 1.40 bits per heavy atom. The maximum atomic E-state index is 12.2. The second-order valence-corrected chi connectivity index (χ2v) is 5.40. The van der Waals surface area contributed by atoms with E-state index in [2.05, 4.69) is 5.32 Å². The molecule has 1 fully saturated rings. The molecule has 0 bridgehead atoms. The number of amides is 1. The summed E-state index contributed by atoms with van der Waals surface area (Å²) in [4.78, 5) is 12.2. The van der Waals surface area contributed by atoms with Gasteiger partial charge in [-0.1, -0.05) is 11.6 Å². The van der Waals surface area contributed by atoms with Gasteiger partial charge in [0.15, 0.2) is 5.76 Å². The van der Waals surface area contributed by atoms with Gasteiger partial charge >= 0.3 is 0 Å². The molecule has 1 aromatic carbocycles. The Labute approximate surface area is 118 Å². The van der Waals surface area contributed by atoms with Crippen LogP contribution in [0.5, 0.6) is 0 Å². The number of carbonyl (C=O) groups is 1. The van der Waals surface area contributed by atoms with Crippen LogP contribution in [0.3, 0.4) is 0 Å². The fourth-order valence-electron chi connectivity index (χ4n) is 2.64. The maximum absolute atomic E-state index is 12.2. The molecule has 1 N–H and O–H groups in total. The van der Waals surface area contributed by atoms with Crippen molar-refractivity contribution in [3.8, 4) is 0 Å². The first-order valence-electron chi connectivity index (χ1n) is 7.04. The second-order valence-electron chi connectivity index (χ2n) is 5.40. The van der Waals surface area contributed by atoms with Gasteiger partial charge in [0.1, 0.15) is 5.58 Å². The Bertz CT molecular complexity index is 638. The van der Waals surface area contributed by atoms with Crippen molar-refractivity contribution in [3.63, 3.8) is 0 Å². The van der Waals surface area contributed by atoms with E-state index in [-0.39, 0.29) is 12.0 Å². The lowest BCUT2D eigenvalue weighted by Crippen LogP contribution is -2.31. The summed E-state index contributed by atoms with van der Waals surface area (Å²) in [6.45, 7) is 5.30. The van der Waals surface area contributed by atoms with Crippen LogP contribution in [-0.2, 0) is 4.74 Å². The summed E-state index contributed by atoms with van der Waals surface area (Å²) in [5.74, 6) is 0.246. The van der Waals surface area contributed by atoms with E-state index >= 15 is 0 Å². The predicted octanol–water partition coefficient (Wildman–Crippen LogP) is 2.96. The van der Waals surface area contributed by atoms with Crippen LogP contribution in [0, 0.1) is 13.8 Å². The summed E-state index contributed by atoms with van der Waals surface area (Å²) in [6, 6.07) is 5.94. The van der Waals surface area contributed by atoms with Gasteiger partial charge in [-0.3, -0.25) is 4.79 Å². The summed E-state index contributed by atoms with van der Waals surface area (Å²) in [7, 11) is 0. The molecule has 1 aliphatic rings. The van der Waals surface area contributed by atoms with Gasteiger partial charge in [-0.15, -0.1) is 0 Å². The van der Waals surface area contributed by atoms with Crippen molar-refractivity contribution in [1.29, 1.82) is 0 Å². The number of aryl methyl sites for hydroxylation is 2. The standard InChI is InChI=1S/C16H19NO3/c1-10-5-6-14-13(8-10)11(2)15(20-14)16(18)17-9-12-4-3-7-19-12/h5-6,8,12H,3-4,7,9H2,1-2H3,(H,17,18). The molecule has 0 spiro atoms. The Balaban J connectivity index is 1.78. The monoisotopic (exact) mass is 273 g/mol. The van der Waals surface area contributed by atoms with Crippen molar-refractivity contribution in [2.75, 3.05) is 13.2 Å². The quantitative estimate of drug-likeness (QED) is 0.935. The fraction of sp³-hybridized carbons (Fsp3) is 0.438. The van der Waals surface area contributed by atoms with E-state index in [1.807, 2.05) is 32.0 Å². The van der Waals surface area contributed by atoms with Crippen LogP contribution in [-0.4, -0.2) is 25.2 Å². The van der Waals surface area contributed by atoms with Crippen LogP contribution in [0.4, 0.5) is 0 Å². The molecule has 106 valence electrons. The zero-order valence-corrected chi connectivity index (χ0v) is 11.9. The number of benzene rings is 1. The normalized spacial score (nSPS) is 18.6. The van der Waals surface area contributed by atoms with Crippen molar-refractivity contribution >= 4 is 16.9 Å². The lowest BCUT2D eigenvalue weighted by atomic mass is 10.1. The van der Waals surface area contributed by atoms with E-state index in [1.165, 1.54) is 0 Å². The average molecular weight is 273 g/mol. The minimum absolute atomic E-state index is 0.144. The topological polar surface area (TPSA) is 51.5 Å². The molecular formula is C16H19NO3. The summed E-state index contributed by atoms with van der Waals surface area (Å²) in [5, 5.41) is 3.91. The molecule has 1 aliphatic heterocycles. The molecule has 4 heteroatoms. The van der Waals surface area contributed by atoms with E-state index in [1.54, 1.807) is 0 Å². The van der Waals surface area contributed by atoms with E-state index in [0.29, 0.717) is 12.3 Å². The lowest BCUT2D eigenvalue weighted by molar-refractivity contribution is 0.0836. The van der Waals surface area contributed by atoms with E-state index in [9.17, 15) is 4.79 Å². The highest BCUT2D eigenvalue weighted by atomic mass is 16.5. The molecule has 1 unspecified atom stereocenters. The molecular weight excluding hydrogens is 254 g/mol. The smallest absolute Gasteiger partial charge is 0.287 e. The van der Waals surface area contributed by atoms with Crippen molar-refractivity contribution < 1.29 is 13.9 Å². The SMILES string of the molecule is Cc1ccc2oc(C(=O)NCC3CCCO3)c(C)c2c1. The Kier molecular flexibility index (Phi) is 3.49. The molecule has 2 aromatic rings. The van der Waals surface area contributed by atoms with Crippen LogP contribution in [0.2, 0.25) is 0 Å². The molecule has 1 aromatic heterocycles. The van der Waals surface area contributed by atoms with E-state index in [4.69, 9.17) is 9.15 Å². The first kappa shape index (κ1) is 13.2. The summed E-state index contributed by atoms with van der Waals surface area (Å²) >= 11 is 0. The number of furan rings is 1. The first-order valence-corrected chi connectivity index (χ1v) is 7.04. The number of hydrogen-bond donors (Lipinski definition) is 1. The van der Waals surface area contributed by atoms with Crippen LogP contribution in [0.1, 0.15) is 34.5 Å². The number of fused-ring (bicyclic) bond motifs is 1. The minimum atomic E-state index is -0.160. The number of carbonyl (C=O) groups excluding carboxylic acids is 1. The zero-order chi connectivity index (χ0) is 14.1. The van der Waals surface area contributed by atoms with Crippen molar-refractivity contribution in [1.82, 2.24) is 5.32 Å². The molecule has 0 aliphatic carbocycles. The average Bonchev–Trinajstić information content (AvgIpc) is 3.05. The molecule has 4 nitrogen and oxygen atoms in total. The molecule has 1 saturated heterocycles. The van der Waals surface area contributed by atoms with Crippen LogP contribution in [0.15, 0.2) is 22.6 Å². The highest BCUT2D eigenvalue weighted by Gasteiger charge is 2.20. The van der Waals surface area contributed by atoms with Gasteiger partial charge in [-0.05, 0) is 38.8 Å². The van der Waals surface area contributed by atoms with Gasteiger partial charge in [0, 0.05) is 24.1 Å². The van der Waals surface area contributed by atoms with Gasteiger partial charge in [0.05, 0.1) is 6.10 Å². The van der Waals surface area contributed by atoms with Gasteiger partial charge < -0.3 is 14.5 Å². The second kappa shape index (κ2) is 5.29. The lowest BCUT2D eigenvalue weighted by Gasteiger charge is -2.09. The Morgan fingerprint density at radius 3 is 3.00 bits per heavy atom. The van der Waals surface area contributed by atoms with Crippen molar-refractivity contribution in [3.05, 3.63) is 35.1 Å². The maximum Gasteiger partial charge on any atom is 0.287 e. The molecule has 20 heavy (non-hydrogen) atoms. The van der Waals surface area contributed by atoms with Gasteiger partial charge in [-0.25, -0.2) is 0 Å². The highest BCUT2D eigenvalue weighted by Crippen LogP contribution is 2.26. The molecule has 0 saturated carbocycles. The fourth-order valence-corrected chi connectivity index (χ4v) is 2.64. The highest BCUT2D eigenvalue weighted by molar-refractivity contribution is 5.99. The first-order chi connectivity index (χ1) is 9.65. The predicted molar refractivity (Wildman–Crippen MR) is 77.0 cm³/mol. The molecule has 2 heterocycles. The van der Waals surface area contributed by atoms with E-state index < -0.39 is 0 Å². The zero-order valence-electron chi connectivity index (χ0n) is 11.9. The van der Waals surface area contributed by atoms with Crippen molar-refractivity contribution in [2.24, 2.45) is 0 Å². The van der Waals surface area contributed by atoms with Crippen LogP contribution in [0.25, 0.3) is 11.0 Å². The van der Waals surface area contributed by atoms with Gasteiger partial charge in [-0.2, -0.15) is 0 Å². The summed E-state index contributed by atoms with van der Waals surface area (Å²) < 4.78 is 11.2. The Morgan fingerprint density at radius 2 is 2.25 bits per heavy atom. The van der Waals surface area contributed by atoms with Crippen LogP contribution >= 0.6 is 0 Å². The molecule has 0 radical (unpaired) electrons. The third kappa shape index (κ3) is 2.43. The summed E-state index contributed by atoms with van der Waals surface area (Å²) in [6.07, 6.45) is 2.23. The molecule has 1 atom stereocenters. The summed E-state index contributed by atoms with van der Waals surface area (Å²) in [5.41, 5.74) is 2.82. The Hall–Kier alpha value is -1.81. The molecule has 1 amide bonds. The molecule has 3 rings (SSSR count). The minimum Gasteiger partial charge on any atom is -0.451 e. The van der Waals surface area contributed by atoms with E-state index in [0.717, 1.165) is 41.5 Å². The van der Waals surface area contributed by atoms with Gasteiger partial charge in [0.25, 0.3) is 5.91 Å². The third-order valence-electron chi connectivity index (χ3n) is 3.81. The third-order valence-corrected chi connectivity index (χ3v) is 3.81. The largest absolute Gasteiger partial charge is 0.451 e. The number of hydrogen-bond acceptors (Lipinski definition) is 3.